The van der Waals surface area contributed by atoms with E-state index in [0.717, 1.165) is 50.0 Å². The van der Waals surface area contributed by atoms with E-state index in [1.807, 2.05) is 38.1 Å². The van der Waals surface area contributed by atoms with Gasteiger partial charge in [-0.15, -0.1) is 0 Å². The first-order valence-electron chi connectivity index (χ1n) is 27.1. The highest BCUT2D eigenvalue weighted by atomic mass is 32.2. The van der Waals surface area contributed by atoms with Crippen LogP contribution in [0.1, 0.15) is 129 Å². The minimum Gasteiger partial charge on any atom is -0.480 e. The van der Waals surface area contributed by atoms with Gasteiger partial charge in [0.2, 0.25) is 11.8 Å². The van der Waals surface area contributed by atoms with Gasteiger partial charge in [0, 0.05) is 71.8 Å². The van der Waals surface area contributed by atoms with E-state index in [0.29, 0.717) is 82.2 Å². The van der Waals surface area contributed by atoms with Gasteiger partial charge in [0.05, 0.1) is 49.2 Å². The van der Waals surface area contributed by atoms with Crippen LogP contribution in [-0.2, 0) is 63.6 Å². The Morgan fingerprint density at radius 1 is 0.646 bits per heavy atom. The molecule has 27 heteroatoms. The van der Waals surface area contributed by atoms with E-state index in [2.05, 4.69) is 50.8 Å². The summed E-state index contributed by atoms with van der Waals surface area (Å²) < 4.78 is 39.1. The van der Waals surface area contributed by atoms with E-state index in [9.17, 15) is 66.8 Å². The number of aliphatic carboxylic acids is 6. The van der Waals surface area contributed by atoms with E-state index in [1.165, 1.54) is 12.1 Å². The van der Waals surface area contributed by atoms with Crippen LogP contribution in [0.3, 0.4) is 0 Å². The van der Waals surface area contributed by atoms with E-state index >= 15 is 0 Å². The second kappa shape index (κ2) is 31.7. The Labute approximate surface area is 481 Å². The first-order chi connectivity index (χ1) is 38.6. The minimum absolute atomic E-state index is 0.00137. The number of fused-ring (bicyclic) bond motifs is 2. The minimum atomic E-state index is -4.52. The predicted molar refractivity (Wildman–Crippen MR) is 301 cm³/mol. The summed E-state index contributed by atoms with van der Waals surface area (Å²) in [7, 11) is -4.52. The standard InChI is InChI=1S/C55H78N6O19S2/c1-54(2)38-30-36(81-80-76)22-24-40(38)60(28-13-5-7-20-46(62)56-26-11-9-16-42(52(72)73)58(32-48(64)65)33-49(66)67)44(54)18-15-19-45-55(3,4)39-31-37(82(77,78)79)23-25-41(39)61(45)29-14-6-8-21-47(63)57-27-12-10-17-43(53(74)75)59(34-50(68)69)35-51(70)71/h15,18-19,22-25,30-31,42-43,45,76H,5-14,16-17,20-21,26-29,32-35H2,1-4H3,(H,56,62)(H,57,63)(H,64,65)(H,66,67)(H,68,69)(H,70,71)(H,72,73)(H,74,75)(H,77,78,79)/b19-15+,44-18+. The number of carbonyl (C=O) groups is 8. The van der Waals surface area contributed by atoms with Gasteiger partial charge in [-0.05, 0) is 118 Å². The molecule has 0 saturated carbocycles. The third-order valence-corrected chi connectivity index (χ3v) is 16.1. The zero-order chi connectivity index (χ0) is 61.0. The lowest BCUT2D eigenvalue weighted by molar-refractivity contribution is -0.152. The molecule has 2 amide bonds. The number of carboxylic acids is 6. The normalized spacial score (nSPS) is 16.5. The number of carbonyl (C=O) groups excluding carboxylic acids is 2. The molecule has 0 radical (unpaired) electrons. The lowest BCUT2D eigenvalue weighted by Crippen LogP contribution is -2.46. The maximum absolute atomic E-state index is 12.8. The summed E-state index contributed by atoms with van der Waals surface area (Å²) in [4.78, 5) is 101. The van der Waals surface area contributed by atoms with Crippen molar-refractivity contribution in [1.29, 1.82) is 0 Å². The predicted octanol–water partition coefficient (Wildman–Crippen LogP) is 5.68. The van der Waals surface area contributed by atoms with Gasteiger partial charge in [-0.25, -0.2) is 5.26 Å². The Morgan fingerprint density at radius 3 is 1.60 bits per heavy atom. The van der Waals surface area contributed by atoms with Crippen molar-refractivity contribution < 1.29 is 91.6 Å². The molecule has 4 rings (SSSR count). The summed E-state index contributed by atoms with van der Waals surface area (Å²) in [6.07, 6.45) is 11.8. The molecular formula is C55H78N6O19S2. The van der Waals surface area contributed by atoms with Gasteiger partial charge in [-0.2, -0.15) is 12.8 Å². The highest BCUT2D eigenvalue weighted by Crippen LogP contribution is 2.50. The average molecular weight is 1190 g/mol. The molecule has 2 aromatic rings. The van der Waals surface area contributed by atoms with Crippen LogP contribution in [0, 0.1) is 0 Å². The van der Waals surface area contributed by atoms with Crippen molar-refractivity contribution >= 4 is 81.2 Å². The molecule has 454 valence electrons. The lowest BCUT2D eigenvalue weighted by atomic mass is 9.80. The summed E-state index contributed by atoms with van der Waals surface area (Å²) in [6.45, 7) is 6.83. The smallest absolute Gasteiger partial charge is 0.320 e. The number of unbranched alkanes of at least 4 members (excludes halogenated alkanes) is 6. The number of hydrogen-bond donors (Lipinski definition) is 10. The molecule has 0 bridgehead atoms. The van der Waals surface area contributed by atoms with Crippen LogP contribution in [0.15, 0.2) is 70.1 Å². The third kappa shape index (κ3) is 20.1. The Hall–Kier alpha value is -6.62. The van der Waals surface area contributed by atoms with E-state index < -0.39 is 95.0 Å². The Bertz CT molecular complexity index is 2740. The zero-order valence-corrected chi connectivity index (χ0v) is 48.3. The van der Waals surface area contributed by atoms with Gasteiger partial charge in [0.1, 0.15) is 12.1 Å². The van der Waals surface area contributed by atoms with Crippen LogP contribution in [0.2, 0.25) is 0 Å². The number of benzene rings is 2. The highest BCUT2D eigenvalue weighted by Gasteiger charge is 2.44. The molecule has 82 heavy (non-hydrogen) atoms. The molecule has 25 nitrogen and oxygen atoms in total. The third-order valence-electron chi connectivity index (χ3n) is 14.7. The van der Waals surface area contributed by atoms with Crippen LogP contribution < -0.4 is 20.4 Å². The Morgan fingerprint density at radius 2 is 1.13 bits per heavy atom. The second-order valence-corrected chi connectivity index (χ2v) is 23.7. The number of hydrogen-bond acceptors (Lipinski definition) is 17. The van der Waals surface area contributed by atoms with Crippen LogP contribution in [0.5, 0.6) is 0 Å². The van der Waals surface area contributed by atoms with Gasteiger partial charge >= 0.3 is 35.8 Å². The average Bonchev–Trinajstić information content (AvgIpc) is 3.61. The van der Waals surface area contributed by atoms with Gasteiger partial charge in [-0.3, -0.25) is 52.7 Å². The van der Waals surface area contributed by atoms with Gasteiger partial charge in [-0.1, -0.05) is 52.7 Å². The Balaban J connectivity index is 1.40. The molecule has 0 spiro atoms. The molecule has 2 aliphatic rings. The zero-order valence-electron chi connectivity index (χ0n) is 46.7. The monoisotopic (exact) mass is 1190 g/mol. The molecule has 0 saturated heterocycles. The number of nitrogens with zero attached hydrogens (tertiary/aromatic N) is 4. The number of rotatable bonds is 39. The summed E-state index contributed by atoms with van der Waals surface area (Å²) in [5, 5.41) is 70.8. The van der Waals surface area contributed by atoms with Crippen LogP contribution in [0.4, 0.5) is 11.4 Å². The van der Waals surface area contributed by atoms with Crippen molar-refractivity contribution in [2.45, 2.75) is 156 Å². The van der Waals surface area contributed by atoms with E-state index in [-0.39, 0.29) is 61.5 Å². The quantitative estimate of drug-likeness (QED) is 0.0127. The van der Waals surface area contributed by atoms with Crippen molar-refractivity contribution in [2.75, 3.05) is 62.2 Å². The van der Waals surface area contributed by atoms with Crippen LogP contribution >= 0.6 is 12.0 Å². The highest BCUT2D eigenvalue weighted by molar-refractivity contribution is 7.94. The van der Waals surface area contributed by atoms with E-state index in [1.54, 1.807) is 6.07 Å². The summed E-state index contributed by atoms with van der Waals surface area (Å²) in [5.74, 6) is -8.48. The molecule has 2 heterocycles. The number of carboxylic acid groups (broad SMARTS) is 6. The van der Waals surface area contributed by atoms with Crippen molar-refractivity contribution in [3.05, 3.63) is 71.5 Å². The maximum Gasteiger partial charge on any atom is 0.320 e. The van der Waals surface area contributed by atoms with Gasteiger partial charge in [0.15, 0.2) is 0 Å². The largest absolute Gasteiger partial charge is 0.480 e. The number of nitrogens with one attached hydrogen (secondary N) is 2. The summed E-state index contributed by atoms with van der Waals surface area (Å²) in [5.41, 5.74) is 3.23. The summed E-state index contributed by atoms with van der Waals surface area (Å²) in [6, 6.07) is 7.40. The number of anilines is 2. The van der Waals surface area contributed by atoms with Crippen molar-refractivity contribution in [3.63, 3.8) is 0 Å². The molecular weight excluding hydrogens is 1110 g/mol. The number of allylic oxidation sites excluding steroid dienone is 3. The summed E-state index contributed by atoms with van der Waals surface area (Å²) >= 11 is 0.818. The second-order valence-electron chi connectivity index (χ2n) is 21.5. The van der Waals surface area contributed by atoms with Gasteiger partial charge < -0.3 is 51.1 Å². The number of amides is 2. The van der Waals surface area contributed by atoms with Crippen molar-refractivity contribution in [1.82, 2.24) is 20.4 Å². The maximum atomic E-state index is 12.8. The van der Waals surface area contributed by atoms with E-state index in [4.69, 9.17) is 20.4 Å². The van der Waals surface area contributed by atoms with Crippen LogP contribution in [0.25, 0.3) is 0 Å². The molecule has 3 unspecified atom stereocenters. The fourth-order valence-electron chi connectivity index (χ4n) is 10.7. The van der Waals surface area contributed by atoms with Gasteiger partial charge in [0.25, 0.3) is 10.1 Å². The topological polar surface area (TPSA) is 379 Å². The fourth-order valence-corrected chi connectivity index (χ4v) is 11.6. The molecule has 0 aliphatic carbocycles. The molecule has 0 aromatic heterocycles. The Kier molecular flexibility index (Phi) is 26.3. The molecule has 3 atom stereocenters. The molecule has 0 fully saturated rings. The first-order valence-corrected chi connectivity index (χ1v) is 29.3. The first kappa shape index (κ1) is 67.9. The molecule has 2 aliphatic heterocycles. The van der Waals surface area contributed by atoms with Crippen molar-refractivity contribution in [3.8, 4) is 0 Å². The molecule has 10 N–H and O–H groups in total. The van der Waals surface area contributed by atoms with Crippen LogP contribution in [-0.4, -0.2) is 177 Å². The fraction of sp³-hybridized carbons (Fsp3) is 0.564. The lowest BCUT2D eigenvalue weighted by Gasteiger charge is -2.32. The molecule has 2 aromatic carbocycles. The SMILES string of the molecule is CC1(C)/C(=C\C=C\C2N(CCCCCC(=O)NCCCCC(C(=O)O)N(CC(=O)O)CC(=O)O)c3ccc(S(=O)(=O)O)cc3C2(C)C)N(CCCCCC(=O)NCCCCC(C(=O)O)N(CC(=O)O)CC(=O)O)c2ccc(SOO)cc21. The van der Waals surface area contributed by atoms with Crippen molar-refractivity contribution in [2.24, 2.45) is 0 Å².